The summed E-state index contributed by atoms with van der Waals surface area (Å²) >= 11 is 1.39. The van der Waals surface area contributed by atoms with Crippen LogP contribution in [0.15, 0.2) is 58.7 Å². The average molecular weight is 301 g/mol. The Morgan fingerprint density at radius 2 is 1.76 bits per heavy atom. The number of aromatic hydroxyl groups is 2. The highest BCUT2D eigenvalue weighted by molar-refractivity contribution is 8.13. The zero-order chi connectivity index (χ0) is 15.1. The number of hydrogen-bond acceptors (Lipinski definition) is 5. The Morgan fingerprint density at radius 1 is 1.10 bits per heavy atom. The first-order valence-corrected chi connectivity index (χ1v) is 7.18. The number of amidine groups is 1. The lowest BCUT2D eigenvalue weighted by Gasteiger charge is -1.99. The minimum Gasteiger partial charge on any atom is -0.508 e. The van der Waals surface area contributed by atoms with Crippen LogP contribution in [0.5, 0.6) is 11.5 Å². The van der Waals surface area contributed by atoms with E-state index in [1.165, 1.54) is 36.2 Å². The predicted molar refractivity (Wildman–Crippen MR) is 86.7 cm³/mol. The zero-order valence-electron chi connectivity index (χ0n) is 11.2. The fourth-order valence-electron chi connectivity index (χ4n) is 1.61. The number of phenols is 2. The Labute approximate surface area is 126 Å². The van der Waals surface area contributed by atoms with Gasteiger partial charge in [0, 0.05) is 17.4 Å². The van der Waals surface area contributed by atoms with Crippen LogP contribution in [0.3, 0.4) is 0 Å². The number of hydrogen-bond donors (Lipinski definition) is 3. The van der Waals surface area contributed by atoms with Gasteiger partial charge in [-0.1, -0.05) is 42.1 Å². The van der Waals surface area contributed by atoms with Crippen LogP contribution in [-0.2, 0) is 5.75 Å². The van der Waals surface area contributed by atoms with E-state index < -0.39 is 0 Å². The van der Waals surface area contributed by atoms with Crippen molar-refractivity contribution in [3.63, 3.8) is 0 Å². The van der Waals surface area contributed by atoms with Gasteiger partial charge in [0.1, 0.15) is 11.5 Å². The molecule has 4 N–H and O–H groups in total. The van der Waals surface area contributed by atoms with Gasteiger partial charge in [-0.3, -0.25) is 0 Å². The number of benzene rings is 2. The normalized spacial score (nSPS) is 11.9. The smallest absolute Gasteiger partial charge is 0.180 e. The van der Waals surface area contributed by atoms with Crippen molar-refractivity contribution >= 4 is 23.1 Å². The van der Waals surface area contributed by atoms with Gasteiger partial charge in [0.05, 0.1) is 6.21 Å². The molecule has 108 valence electrons. The summed E-state index contributed by atoms with van der Waals surface area (Å²) in [6.07, 6.45) is 1.41. The second-order valence-electron chi connectivity index (χ2n) is 4.24. The number of rotatable bonds is 4. The molecule has 0 unspecified atom stereocenters. The molecular formula is C15H15N3O2S. The van der Waals surface area contributed by atoms with E-state index in [4.69, 9.17) is 5.73 Å². The number of nitrogens with zero attached hydrogens (tertiary/aromatic N) is 2. The fraction of sp³-hybridized carbons (Fsp3) is 0.0667. The Kier molecular flexibility index (Phi) is 5.22. The first-order chi connectivity index (χ1) is 10.1. The molecule has 0 saturated heterocycles. The van der Waals surface area contributed by atoms with Gasteiger partial charge < -0.3 is 15.9 Å². The Hall–Kier alpha value is -2.47. The summed E-state index contributed by atoms with van der Waals surface area (Å²) in [7, 11) is 0. The third-order valence-corrected chi connectivity index (χ3v) is 3.37. The molecule has 2 aromatic carbocycles. The molecule has 0 aliphatic rings. The maximum Gasteiger partial charge on any atom is 0.180 e. The monoisotopic (exact) mass is 301 g/mol. The van der Waals surface area contributed by atoms with E-state index >= 15 is 0 Å². The summed E-state index contributed by atoms with van der Waals surface area (Å²) in [6, 6.07) is 14.1. The molecule has 0 aliphatic carbocycles. The van der Waals surface area contributed by atoms with Gasteiger partial charge in [-0.25, -0.2) is 0 Å². The van der Waals surface area contributed by atoms with E-state index in [1.807, 2.05) is 30.3 Å². The highest BCUT2D eigenvalue weighted by Gasteiger charge is 1.97. The van der Waals surface area contributed by atoms with Crippen molar-refractivity contribution in [2.75, 3.05) is 0 Å². The average Bonchev–Trinajstić information content (AvgIpc) is 2.45. The van der Waals surface area contributed by atoms with Crippen LogP contribution in [0.2, 0.25) is 0 Å². The van der Waals surface area contributed by atoms with Crippen LogP contribution in [0.1, 0.15) is 11.1 Å². The Balaban J connectivity index is 1.92. The van der Waals surface area contributed by atoms with Gasteiger partial charge in [-0.15, -0.1) is 5.10 Å². The largest absolute Gasteiger partial charge is 0.508 e. The molecule has 0 aromatic heterocycles. The molecule has 0 fully saturated rings. The summed E-state index contributed by atoms with van der Waals surface area (Å²) in [5.74, 6) is 0.650. The highest BCUT2D eigenvalue weighted by atomic mass is 32.2. The quantitative estimate of drug-likeness (QED) is 0.460. The molecule has 0 heterocycles. The Bertz CT molecular complexity index is 637. The molecule has 0 spiro atoms. The van der Waals surface area contributed by atoms with E-state index in [0.29, 0.717) is 10.7 Å². The number of thioether (sulfide) groups is 1. The van der Waals surface area contributed by atoms with Crippen molar-refractivity contribution in [3.8, 4) is 11.5 Å². The summed E-state index contributed by atoms with van der Waals surface area (Å²) in [5, 5.41) is 26.7. The topological polar surface area (TPSA) is 91.2 Å². The minimum absolute atomic E-state index is 0.0353. The molecule has 0 aliphatic heterocycles. The van der Waals surface area contributed by atoms with Crippen LogP contribution >= 0.6 is 11.8 Å². The maximum absolute atomic E-state index is 9.33. The molecule has 0 saturated carbocycles. The molecule has 0 radical (unpaired) electrons. The molecule has 0 amide bonds. The molecule has 2 aromatic rings. The second-order valence-corrected chi connectivity index (χ2v) is 5.24. The Morgan fingerprint density at radius 3 is 2.43 bits per heavy atom. The lowest BCUT2D eigenvalue weighted by atomic mass is 10.2. The van der Waals surface area contributed by atoms with Crippen molar-refractivity contribution in [1.29, 1.82) is 0 Å². The standard InChI is InChI=1S/C15H15N3O2S/c16-15(21-10-11-4-2-1-3-5-11)18-17-9-12-6-13(19)8-14(20)7-12/h1-9,19-20H,10H2,(H2,16,18). The predicted octanol–water partition coefficient (Wildman–Crippen LogP) is 2.68. The SMILES string of the molecule is NC(=NN=Cc1cc(O)cc(O)c1)SCc1ccccc1. The van der Waals surface area contributed by atoms with Gasteiger partial charge in [0.25, 0.3) is 0 Å². The van der Waals surface area contributed by atoms with Gasteiger partial charge in [0.2, 0.25) is 0 Å². The molecule has 2 rings (SSSR count). The first kappa shape index (κ1) is 14.9. The summed E-state index contributed by atoms with van der Waals surface area (Å²) < 4.78 is 0. The maximum atomic E-state index is 9.33. The lowest BCUT2D eigenvalue weighted by Crippen LogP contribution is -2.05. The summed E-state index contributed by atoms with van der Waals surface area (Å²) in [5.41, 5.74) is 7.44. The van der Waals surface area contributed by atoms with Crippen molar-refractivity contribution in [2.45, 2.75) is 5.75 Å². The van der Waals surface area contributed by atoms with Gasteiger partial charge in [-0.05, 0) is 17.7 Å². The number of nitrogens with two attached hydrogens (primary N) is 1. The molecular weight excluding hydrogens is 286 g/mol. The van der Waals surface area contributed by atoms with Crippen LogP contribution in [0.25, 0.3) is 0 Å². The van der Waals surface area contributed by atoms with Crippen molar-refractivity contribution in [2.24, 2.45) is 15.9 Å². The van der Waals surface area contributed by atoms with Gasteiger partial charge in [0.15, 0.2) is 5.17 Å². The van der Waals surface area contributed by atoms with Crippen LogP contribution in [0.4, 0.5) is 0 Å². The van der Waals surface area contributed by atoms with E-state index in [-0.39, 0.29) is 11.5 Å². The first-order valence-electron chi connectivity index (χ1n) is 6.20. The molecule has 6 heteroatoms. The molecule has 21 heavy (non-hydrogen) atoms. The molecule has 5 nitrogen and oxygen atoms in total. The number of phenolic OH excluding ortho intramolecular Hbond substituents is 2. The van der Waals surface area contributed by atoms with E-state index in [2.05, 4.69) is 10.2 Å². The van der Waals surface area contributed by atoms with Gasteiger partial charge >= 0.3 is 0 Å². The summed E-state index contributed by atoms with van der Waals surface area (Å²) in [6.45, 7) is 0. The third-order valence-electron chi connectivity index (χ3n) is 2.52. The minimum atomic E-state index is -0.0353. The highest BCUT2D eigenvalue weighted by Crippen LogP contribution is 2.19. The third kappa shape index (κ3) is 5.19. The van der Waals surface area contributed by atoms with Crippen molar-refractivity contribution in [1.82, 2.24) is 0 Å². The van der Waals surface area contributed by atoms with Crippen LogP contribution in [0, 0.1) is 0 Å². The lowest BCUT2D eigenvalue weighted by molar-refractivity contribution is 0.450. The van der Waals surface area contributed by atoms with Crippen molar-refractivity contribution in [3.05, 3.63) is 59.7 Å². The summed E-state index contributed by atoms with van der Waals surface area (Å²) in [4.78, 5) is 0. The second kappa shape index (κ2) is 7.35. The van der Waals surface area contributed by atoms with Crippen molar-refractivity contribution < 1.29 is 10.2 Å². The van der Waals surface area contributed by atoms with E-state index in [9.17, 15) is 10.2 Å². The zero-order valence-corrected chi connectivity index (χ0v) is 12.0. The van der Waals surface area contributed by atoms with Crippen LogP contribution in [-0.4, -0.2) is 21.6 Å². The molecule has 0 bridgehead atoms. The van der Waals surface area contributed by atoms with E-state index in [0.717, 1.165) is 11.3 Å². The van der Waals surface area contributed by atoms with E-state index in [1.54, 1.807) is 0 Å². The van der Waals surface area contributed by atoms with Crippen LogP contribution < -0.4 is 5.73 Å². The van der Waals surface area contributed by atoms with Gasteiger partial charge in [-0.2, -0.15) is 5.10 Å². The fourth-order valence-corrected chi connectivity index (χ4v) is 2.22. The molecule has 0 atom stereocenters.